The molecular formula is C12H7F5N2. The summed E-state index contributed by atoms with van der Waals surface area (Å²) in [6, 6.07) is 4.75. The second-order valence-electron chi connectivity index (χ2n) is 3.73. The van der Waals surface area contributed by atoms with Crippen LogP contribution in [0.1, 0.15) is 5.69 Å². The van der Waals surface area contributed by atoms with Gasteiger partial charge in [0.15, 0.2) is 11.6 Å². The highest BCUT2D eigenvalue weighted by molar-refractivity contribution is 5.73. The van der Waals surface area contributed by atoms with E-state index in [2.05, 4.69) is 4.98 Å². The van der Waals surface area contributed by atoms with Crippen LogP contribution in [0.15, 0.2) is 30.3 Å². The number of rotatable bonds is 1. The van der Waals surface area contributed by atoms with E-state index in [9.17, 15) is 22.0 Å². The van der Waals surface area contributed by atoms with Gasteiger partial charge < -0.3 is 5.73 Å². The van der Waals surface area contributed by atoms with E-state index < -0.39 is 34.8 Å². The van der Waals surface area contributed by atoms with Crippen LogP contribution in [0, 0.1) is 11.6 Å². The van der Waals surface area contributed by atoms with Crippen LogP contribution in [0.4, 0.5) is 27.6 Å². The van der Waals surface area contributed by atoms with Gasteiger partial charge in [0.1, 0.15) is 5.69 Å². The molecule has 0 amide bonds. The highest BCUT2D eigenvalue weighted by Crippen LogP contribution is 2.33. The number of anilines is 1. The minimum Gasteiger partial charge on any atom is -0.397 e. The second-order valence-corrected chi connectivity index (χ2v) is 3.73. The number of nitrogens with two attached hydrogens (primary N) is 1. The maximum atomic E-state index is 13.5. The van der Waals surface area contributed by atoms with Crippen molar-refractivity contribution in [3.63, 3.8) is 0 Å². The molecule has 0 saturated heterocycles. The first-order valence-corrected chi connectivity index (χ1v) is 5.09. The Morgan fingerprint density at radius 1 is 1.00 bits per heavy atom. The molecule has 0 aliphatic heterocycles. The minimum absolute atomic E-state index is 0.169. The van der Waals surface area contributed by atoms with E-state index in [0.29, 0.717) is 6.07 Å². The largest absolute Gasteiger partial charge is 0.433 e. The van der Waals surface area contributed by atoms with Gasteiger partial charge in [0.05, 0.1) is 11.4 Å². The number of pyridine rings is 1. The number of aromatic nitrogens is 1. The van der Waals surface area contributed by atoms with Crippen LogP contribution in [0.3, 0.4) is 0 Å². The van der Waals surface area contributed by atoms with Gasteiger partial charge in [0, 0.05) is 5.56 Å². The van der Waals surface area contributed by atoms with Gasteiger partial charge in [-0.25, -0.2) is 13.8 Å². The van der Waals surface area contributed by atoms with Gasteiger partial charge in [-0.2, -0.15) is 13.2 Å². The fourth-order valence-electron chi connectivity index (χ4n) is 1.53. The predicted molar refractivity (Wildman–Crippen MR) is 59.0 cm³/mol. The molecule has 2 nitrogen and oxygen atoms in total. The van der Waals surface area contributed by atoms with Crippen LogP contribution in [0.2, 0.25) is 0 Å². The van der Waals surface area contributed by atoms with Gasteiger partial charge in [-0.1, -0.05) is 6.07 Å². The molecule has 0 fully saturated rings. The van der Waals surface area contributed by atoms with E-state index in [1.54, 1.807) is 0 Å². The zero-order valence-electron chi connectivity index (χ0n) is 9.30. The smallest absolute Gasteiger partial charge is 0.397 e. The van der Waals surface area contributed by atoms with E-state index in [0.717, 1.165) is 24.3 Å². The number of benzene rings is 1. The van der Waals surface area contributed by atoms with Gasteiger partial charge in [-0.15, -0.1) is 0 Å². The van der Waals surface area contributed by atoms with Crippen molar-refractivity contribution < 1.29 is 22.0 Å². The van der Waals surface area contributed by atoms with Crippen LogP contribution in [-0.2, 0) is 6.18 Å². The van der Waals surface area contributed by atoms with Crippen molar-refractivity contribution in [1.29, 1.82) is 0 Å². The van der Waals surface area contributed by atoms with Crippen molar-refractivity contribution >= 4 is 5.69 Å². The lowest BCUT2D eigenvalue weighted by Crippen LogP contribution is -2.10. The first-order chi connectivity index (χ1) is 8.80. The molecule has 1 aromatic heterocycles. The van der Waals surface area contributed by atoms with Crippen molar-refractivity contribution in [3.8, 4) is 11.3 Å². The third-order valence-corrected chi connectivity index (χ3v) is 2.42. The van der Waals surface area contributed by atoms with Gasteiger partial charge >= 0.3 is 6.18 Å². The topological polar surface area (TPSA) is 38.9 Å². The number of alkyl halides is 3. The molecule has 1 heterocycles. The van der Waals surface area contributed by atoms with Crippen LogP contribution < -0.4 is 5.73 Å². The summed E-state index contributed by atoms with van der Waals surface area (Å²) in [5, 5.41) is 0. The monoisotopic (exact) mass is 274 g/mol. The molecule has 0 spiro atoms. The zero-order valence-corrected chi connectivity index (χ0v) is 9.30. The quantitative estimate of drug-likeness (QED) is 0.806. The first kappa shape index (κ1) is 13.3. The highest BCUT2D eigenvalue weighted by atomic mass is 19.4. The summed E-state index contributed by atoms with van der Waals surface area (Å²) in [5.74, 6) is -2.47. The highest BCUT2D eigenvalue weighted by Gasteiger charge is 2.33. The molecular weight excluding hydrogens is 267 g/mol. The Morgan fingerprint density at radius 2 is 1.68 bits per heavy atom. The minimum atomic E-state index is -4.69. The van der Waals surface area contributed by atoms with Crippen LogP contribution in [0.5, 0.6) is 0 Å². The molecule has 0 bridgehead atoms. The summed E-state index contributed by atoms with van der Waals surface area (Å²) in [4.78, 5) is 3.26. The standard InChI is InChI=1S/C12H7F5N2/c13-7-3-1-2-6(10(7)14)11-8(18)4-5-9(19-11)12(15,16)17/h1-5H,18H2. The average molecular weight is 274 g/mol. The van der Waals surface area contributed by atoms with Gasteiger partial charge in [-0.05, 0) is 24.3 Å². The fourth-order valence-corrected chi connectivity index (χ4v) is 1.53. The molecule has 100 valence electrons. The van der Waals surface area contributed by atoms with Crippen LogP contribution in [-0.4, -0.2) is 4.98 Å². The molecule has 0 unspecified atom stereocenters. The maximum Gasteiger partial charge on any atom is 0.433 e. The molecule has 0 atom stereocenters. The van der Waals surface area contributed by atoms with Crippen molar-refractivity contribution in [1.82, 2.24) is 4.98 Å². The van der Waals surface area contributed by atoms with Crippen LogP contribution in [0.25, 0.3) is 11.3 Å². The lowest BCUT2D eigenvalue weighted by molar-refractivity contribution is -0.141. The third-order valence-electron chi connectivity index (χ3n) is 2.42. The lowest BCUT2D eigenvalue weighted by Gasteiger charge is -2.11. The summed E-state index contributed by atoms with van der Waals surface area (Å²) in [6.07, 6.45) is -4.69. The van der Waals surface area contributed by atoms with Crippen molar-refractivity contribution in [2.24, 2.45) is 0 Å². The van der Waals surface area contributed by atoms with E-state index in [1.165, 1.54) is 0 Å². The Bertz CT molecular complexity index is 622. The van der Waals surface area contributed by atoms with Gasteiger partial charge in [-0.3, -0.25) is 0 Å². The fraction of sp³-hybridized carbons (Fsp3) is 0.0833. The molecule has 2 rings (SSSR count). The van der Waals surface area contributed by atoms with Crippen molar-refractivity contribution in [2.45, 2.75) is 6.18 Å². The molecule has 0 aliphatic carbocycles. The summed E-state index contributed by atoms with van der Waals surface area (Å²) >= 11 is 0. The average Bonchev–Trinajstić information content (AvgIpc) is 2.32. The number of nitrogen functional groups attached to an aromatic ring is 1. The van der Waals surface area contributed by atoms with E-state index >= 15 is 0 Å². The molecule has 0 aliphatic rings. The van der Waals surface area contributed by atoms with Gasteiger partial charge in [0.25, 0.3) is 0 Å². The summed E-state index contributed by atoms with van der Waals surface area (Å²) in [6.45, 7) is 0. The molecule has 0 radical (unpaired) electrons. The van der Waals surface area contributed by atoms with Gasteiger partial charge in [0.2, 0.25) is 0 Å². The zero-order chi connectivity index (χ0) is 14.2. The number of halogens is 5. The Morgan fingerprint density at radius 3 is 2.32 bits per heavy atom. The number of nitrogens with zero attached hydrogens (tertiary/aromatic N) is 1. The second kappa shape index (κ2) is 4.49. The van der Waals surface area contributed by atoms with E-state index in [1.807, 2.05) is 0 Å². The lowest BCUT2D eigenvalue weighted by atomic mass is 10.1. The summed E-state index contributed by atoms with van der Waals surface area (Å²) in [7, 11) is 0. The Hall–Kier alpha value is -2.18. The molecule has 2 N–H and O–H groups in total. The van der Waals surface area contributed by atoms with E-state index in [-0.39, 0.29) is 5.69 Å². The molecule has 0 saturated carbocycles. The predicted octanol–water partition coefficient (Wildman–Crippen LogP) is 3.63. The first-order valence-electron chi connectivity index (χ1n) is 5.09. The third kappa shape index (κ3) is 2.49. The normalized spacial score (nSPS) is 11.6. The molecule has 7 heteroatoms. The Balaban J connectivity index is 2.65. The van der Waals surface area contributed by atoms with Crippen LogP contribution >= 0.6 is 0 Å². The maximum absolute atomic E-state index is 13.5. The SMILES string of the molecule is Nc1ccc(C(F)(F)F)nc1-c1cccc(F)c1F. The number of hydrogen-bond donors (Lipinski definition) is 1. The number of hydrogen-bond acceptors (Lipinski definition) is 2. The van der Waals surface area contributed by atoms with E-state index in [4.69, 9.17) is 5.73 Å². The molecule has 1 aromatic carbocycles. The van der Waals surface area contributed by atoms with Crippen molar-refractivity contribution in [3.05, 3.63) is 47.7 Å². The summed E-state index contributed by atoms with van der Waals surface area (Å²) < 4.78 is 64.2. The molecule has 19 heavy (non-hydrogen) atoms. The Labute approximate surface area is 104 Å². The molecule has 2 aromatic rings. The van der Waals surface area contributed by atoms with Crippen molar-refractivity contribution in [2.75, 3.05) is 5.73 Å². The summed E-state index contributed by atoms with van der Waals surface area (Å²) in [5.41, 5.74) is 3.22. The Kier molecular flexibility index (Phi) is 3.13.